The van der Waals surface area contributed by atoms with E-state index in [1.165, 1.54) is 10.3 Å². The van der Waals surface area contributed by atoms with Gasteiger partial charge in [0, 0.05) is 6.04 Å². The highest BCUT2D eigenvalue weighted by molar-refractivity contribution is 7.22. The highest BCUT2D eigenvalue weighted by Gasteiger charge is 2.30. The van der Waals surface area contributed by atoms with Gasteiger partial charge in [0.15, 0.2) is 5.13 Å². The van der Waals surface area contributed by atoms with Gasteiger partial charge in [0.25, 0.3) is 0 Å². The molecule has 0 amide bonds. The zero-order valence-corrected chi connectivity index (χ0v) is 13.1. The molecule has 1 heterocycles. The second-order valence-electron chi connectivity index (χ2n) is 5.72. The first kappa shape index (κ1) is 13.7. The lowest BCUT2D eigenvalue weighted by atomic mass is 9.89. The molecule has 3 aromatic rings. The first-order valence-corrected chi connectivity index (χ1v) is 8.46. The van der Waals surface area contributed by atoms with Crippen LogP contribution in [0, 0.1) is 0 Å². The lowest BCUT2D eigenvalue weighted by Crippen LogP contribution is -2.40. The van der Waals surface area contributed by atoms with Crippen molar-refractivity contribution in [3.63, 3.8) is 0 Å². The first-order valence-electron chi connectivity index (χ1n) is 7.64. The molecule has 3 nitrogen and oxygen atoms in total. The summed E-state index contributed by atoms with van der Waals surface area (Å²) in [6.45, 7) is 0.708. The molecule has 0 atom stereocenters. The van der Waals surface area contributed by atoms with E-state index in [1.54, 1.807) is 11.3 Å². The topological polar surface area (TPSA) is 34.1 Å². The summed E-state index contributed by atoms with van der Waals surface area (Å²) in [6.07, 6.45) is 2.48. The van der Waals surface area contributed by atoms with Crippen LogP contribution in [0.25, 0.3) is 10.2 Å². The molecule has 0 saturated heterocycles. The lowest BCUT2D eigenvalue weighted by molar-refractivity contribution is -0.0150. The summed E-state index contributed by atoms with van der Waals surface area (Å²) in [7, 11) is 0. The molecule has 4 heteroatoms. The van der Waals surface area contributed by atoms with Crippen LogP contribution in [0.4, 0.5) is 5.13 Å². The number of nitrogens with one attached hydrogen (secondary N) is 1. The predicted molar refractivity (Wildman–Crippen MR) is 91.3 cm³/mol. The van der Waals surface area contributed by atoms with E-state index in [0.29, 0.717) is 18.8 Å². The van der Waals surface area contributed by atoms with Crippen molar-refractivity contribution in [1.82, 2.24) is 4.98 Å². The van der Waals surface area contributed by atoms with E-state index >= 15 is 0 Å². The van der Waals surface area contributed by atoms with Gasteiger partial charge in [-0.3, -0.25) is 0 Å². The Morgan fingerprint density at radius 3 is 2.64 bits per heavy atom. The molecule has 0 bridgehead atoms. The van der Waals surface area contributed by atoms with Crippen LogP contribution in [0.5, 0.6) is 0 Å². The normalized spacial score (nSPS) is 20.7. The Morgan fingerprint density at radius 2 is 1.82 bits per heavy atom. The molecule has 2 aromatic carbocycles. The van der Waals surface area contributed by atoms with Gasteiger partial charge in [0.05, 0.1) is 22.9 Å². The molecular formula is C18H18N2OS. The van der Waals surface area contributed by atoms with Crippen molar-refractivity contribution in [3.05, 3.63) is 60.2 Å². The molecule has 1 aliphatic rings. The van der Waals surface area contributed by atoms with Gasteiger partial charge in [-0.05, 0) is 30.5 Å². The van der Waals surface area contributed by atoms with E-state index < -0.39 is 0 Å². The third-order valence-corrected chi connectivity index (χ3v) is 5.01. The second-order valence-corrected chi connectivity index (χ2v) is 6.75. The number of thiazole rings is 1. The molecule has 0 unspecified atom stereocenters. The average molecular weight is 310 g/mol. The van der Waals surface area contributed by atoms with Crippen molar-refractivity contribution in [1.29, 1.82) is 0 Å². The van der Waals surface area contributed by atoms with Gasteiger partial charge in [-0.1, -0.05) is 53.8 Å². The van der Waals surface area contributed by atoms with E-state index in [9.17, 15) is 0 Å². The fourth-order valence-electron chi connectivity index (χ4n) is 2.72. The number of anilines is 1. The highest BCUT2D eigenvalue weighted by Crippen LogP contribution is 2.31. The fourth-order valence-corrected chi connectivity index (χ4v) is 3.66. The number of para-hydroxylation sites is 1. The van der Waals surface area contributed by atoms with Crippen molar-refractivity contribution < 1.29 is 4.74 Å². The van der Waals surface area contributed by atoms with Crippen LogP contribution in [0.1, 0.15) is 18.4 Å². The maximum atomic E-state index is 5.93. The number of hydrogen-bond donors (Lipinski definition) is 1. The predicted octanol–water partition coefficient (Wildman–Crippen LogP) is 4.46. The van der Waals surface area contributed by atoms with Gasteiger partial charge >= 0.3 is 0 Å². The van der Waals surface area contributed by atoms with Gasteiger partial charge < -0.3 is 10.1 Å². The Hall–Kier alpha value is -1.91. The summed E-state index contributed by atoms with van der Waals surface area (Å²) in [5.74, 6) is 0. The molecule has 22 heavy (non-hydrogen) atoms. The molecular weight excluding hydrogens is 292 g/mol. The van der Waals surface area contributed by atoms with Crippen LogP contribution in [0.15, 0.2) is 54.6 Å². The van der Waals surface area contributed by atoms with Crippen LogP contribution in [-0.2, 0) is 11.3 Å². The summed E-state index contributed by atoms with van der Waals surface area (Å²) in [5.41, 5.74) is 2.32. The van der Waals surface area contributed by atoms with Gasteiger partial charge in [-0.2, -0.15) is 0 Å². The number of rotatable bonds is 5. The third-order valence-electron chi connectivity index (χ3n) is 4.04. The molecule has 1 fully saturated rings. The molecule has 1 saturated carbocycles. The van der Waals surface area contributed by atoms with Gasteiger partial charge in [-0.15, -0.1) is 0 Å². The van der Waals surface area contributed by atoms with E-state index in [0.717, 1.165) is 23.5 Å². The van der Waals surface area contributed by atoms with E-state index in [2.05, 4.69) is 52.8 Å². The summed E-state index contributed by atoms with van der Waals surface area (Å²) in [5, 5.41) is 4.54. The second kappa shape index (κ2) is 6.07. The largest absolute Gasteiger partial charge is 0.373 e. The van der Waals surface area contributed by atoms with E-state index in [1.807, 2.05) is 12.1 Å². The van der Waals surface area contributed by atoms with Crippen LogP contribution in [0.3, 0.4) is 0 Å². The smallest absolute Gasteiger partial charge is 0.184 e. The quantitative estimate of drug-likeness (QED) is 0.755. The monoisotopic (exact) mass is 310 g/mol. The standard InChI is InChI=1S/C18H18N2OS/c1-2-6-13(7-3-1)12-21-15-10-14(11-15)19-18-20-16-8-4-5-9-17(16)22-18/h1-9,14-15H,10-12H2,(H,19,20). The van der Waals surface area contributed by atoms with Gasteiger partial charge in [0.1, 0.15) is 0 Å². The molecule has 1 aliphatic carbocycles. The van der Waals surface area contributed by atoms with Gasteiger partial charge in [0.2, 0.25) is 0 Å². The number of nitrogens with zero attached hydrogens (tertiary/aromatic N) is 1. The van der Waals surface area contributed by atoms with Crippen molar-refractivity contribution in [2.75, 3.05) is 5.32 Å². The summed E-state index contributed by atoms with van der Waals surface area (Å²) < 4.78 is 7.17. The molecule has 4 rings (SSSR count). The maximum absolute atomic E-state index is 5.93. The lowest BCUT2D eigenvalue weighted by Gasteiger charge is -2.35. The SMILES string of the molecule is c1ccc(COC2CC(Nc3nc4ccccc4s3)C2)cc1. The van der Waals surface area contributed by atoms with E-state index in [4.69, 9.17) is 4.74 Å². The minimum absolute atomic E-state index is 0.368. The summed E-state index contributed by atoms with van der Waals surface area (Å²) in [4.78, 5) is 4.62. The van der Waals surface area contributed by atoms with Crippen LogP contribution in [-0.4, -0.2) is 17.1 Å². The van der Waals surface area contributed by atoms with Crippen LogP contribution < -0.4 is 5.32 Å². The Kier molecular flexibility index (Phi) is 3.79. The Bertz CT molecular complexity index is 717. The maximum Gasteiger partial charge on any atom is 0.184 e. The minimum Gasteiger partial charge on any atom is -0.373 e. The van der Waals surface area contributed by atoms with Crippen molar-refractivity contribution in [2.45, 2.75) is 31.6 Å². The molecule has 0 aliphatic heterocycles. The Labute approximate surface area is 134 Å². The molecule has 1 N–H and O–H groups in total. The zero-order valence-electron chi connectivity index (χ0n) is 12.2. The Morgan fingerprint density at radius 1 is 1.05 bits per heavy atom. The highest BCUT2D eigenvalue weighted by atomic mass is 32.1. The molecule has 1 aromatic heterocycles. The van der Waals surface area contributed by atoms with Crippen molar-refractivity contribution in [3.8, 4) is 0 Å². The molecule has 0 spiro atoms. The van der Waals surface area contributed by atoms with E-state index in [-0.39, 0.29) is 0 Å². The summed E-state index contributed by atoms with van der Waals surface area (Å²) in [6, 6.07) is 19.1. The van der Waals surface area contributed by atoms with Gasteiger partial charge in [-0.25, -0.2) is 4.98 Å². The third kappa shape index (κ3) is 2.98. The van der Waals surface area contributed by atoms with Crippen molar-refractivity contribution in [2.24, 2.45) is 0 Å². The minimum atomic E-state index is 0.368. The average Bonchev–Trinajstić information content (AvgIpc) is 2.93. The first-order chi connectivity index (χ1) is 10.9. The molecule has 0 radical (unpaired) electrons. The number of benzene rings is 2. The number of fused-ring (bicyclic) bond motifs is 1. The number of aromatic nitrogens is 1. The fraction of sp³-hybridized carbons (Fsp3) is 0.278. The number of hydrogen-bond acceptors (Lipinski definition) is 4. The Balaban J connectivity index is 1.27. The summed E-state index contributed by atoms with van der Waals surface area (Å²) >= 11 is 1.72. The molecule has 112 valence electrons. The zero-order chi connectivity index (χ0) is 14.8. The van der Waals surface area contributed by atoms with Crippen LogP contribution in [0.2, 0.25) is 0 Å². The number of ether oxygens (including phenoxy) is 1. The van der Waals surface area contributed by atoms with Crippen LogP contribution >= 0.6 is 11.3 Å². The van der Waals surface area contributed by atoms with Crippen molar-refractivity contribution >= 4 is 26.7 Å².